The van der Waals surface area contributed by atoms with E-state index in [2.05, 4.69) is 39.3 Å². The zero-order valence-corrected chi connectivity index (χ0v) is 9.87. The Balaban J connectivity index is 3.58. The largest absolute Gasteiger partial charge is 0.313 e. The zero-order valence-electron chi connectivity index (χ0n) is 9.05. The van der Waals surface area contributed by atoms with E-state index in [9.17, 15) is 0 Å². The molecule has 0 aliphatic heterocycles. The van der Waals surface area contributed by atoms with E-state index in [-0.39, 0.29) is 0 Å². The Bertz CT molecular complexity index is 104. The van der Waals surface area contributed by atoms with Gasteiger partial charge in [-0.05, 0) is 18.6 Å². The summed E-state index contributed by atoms with van der Waals surface area (Å²) in [6.45, 7) is 10.2. The van der Waals surface area contributed by atoms with Crippen molar-refractivity contribution in [3.8, 4) is 0 Å². The molecule has 0 saturated heterocycles. The first-order chi connectivity index (χ1) is 5.61. The summed E-state index contributed by atoms with van der Waals surface area (Å²) in [4.78, 5) is 0. The van der Waals surface area contributed by atoms with Crippen molar-refractivity contribution in [1.29, 1.82) is 0 Å². The van der Waals surface area contributed by atoms with Crippen LogP contribution in [0.1, 0.15) is 34.1 Å². The first kappa shape index (κ1) is 12.3. The average molecular weight is 189 g/mol. The van der Waals surface area contributed by atoms with Gasteiger partial charge in [-0.2, -0.15) is 11.8 Å². The van der Waals surface area contributed by atoms with Crippen LogP contribution in [0.5, 0.6) is 0 Å². The summed E-state index contributed by atoms with van der Waals surface area (Å²) in [6, 6.07) is 0.694. The van der Waals surface area contributed by atoms with Gasteiger partial charge >= 0.3 is 0 Å². The van der Waals surface area contributed by atoms with Crippen LogP contribution in [0.3, 0.4) is 0 Å². The number of hydrogen-bond acceptors (Lipinski definition) is 2. The van der Waals surface area contributed by atoms with Crippen LogP contribution in [0.25, 0.3) is 0 Å². The van der Waals surface area contributed by atoms with Gasteiger partial charge in [0.25, 0.3) is 0 Å². The van der Waals surface area contributed by atoms with Crippen LogP contribution in [-0.4, -0.2) is 24.1 Å². The maximum Gasteiger partial charge on any atom is 0.0141 e. The maximum absolute atomic E-state index is 3.60. The summed E-state index contributed by atoms with van der Waals surface area (Å²) in [5, 5.41) is 4.33. The lowest BCUT2D eigenvalue weighted by atomic mass is 10.0. The zero-order chi connectivity index (χ0) is 9.56. The second-order valence-electron chi connectivity index (χ2n) is 3.71. The van der Waals surface area contributed by atoms with E-state index in [1.54, 1.807) is 0 Å². The molecule has 74 valence electrons. The summed E-state index contributed by atoms with van der Waals surface area (Å²) < 4.78 is 0. The molecule has 0 fully saturated rings. The standard InChI is InChI=1S/C10H23NS/c1-6-10(8(2)3)11-7-9(4)12-5/h8-11H,6-7H2,1-5H3. The molecule has 12 heavy (non-hydrogen) atoms. The lowest BCUT2D eigenvalue weighted by Crippen LogP contribution is -2.36. The molecule has 1 N–H and O–H groups in total. The van der Waals surface area contributed by atoms with Crippen LogP contribution in [0, 0.1) is 5.92 Å². The second kappa shape index (κ2) is 6.79. The molecule has 2 heteroatoms. The third-order valence-corrected chi connectivity index (χ3v) is 3.29. The molecule has 0 radical (unpaired) electrons. The van der Waals surface area contributed by atoms with E-state index in [1.807, 2.05) is 11.8 Å². The molecule has 0 aliphatic rings. The van der Waals surface area contributed by atoms with Gasteiger partial charge in [-0.3, -0.25) is 0 Å². The lowest BCUT2D eigenvalue weighted by molar-refractivity contribution is 0.391. The van der Waals surface area contributed by atoms with Gasteiger partial charge in [-0.15, -0.1) is 0 Å². The molecule has 0 bridgehead atoms. The number of hydrogen-bond donors (Lipinski definition) is 1. The third kappa shape index (κ3) is 5.04. The lowest BCUT2D eigenvalue weighted by Gasteiger charge is -2.22. The van der Waals surface area contributed by atoms with Crippen molar-refractivity contribution in [1.82, 2.24) is 5.32 Å². The van der Waals surface area contributed by atoms with Gasteiger partial charge in [0.2, 0.25) is 0 Å². The minimum atomic E-state index is 0.694. The molecule has 0 spiro atoms. The number of thioether (sulfide) groups is 1. The monoisotopic (exact) mass is 189 g/mol. The van der Waals surface area contributed by atoms with Crippen LogP contribution in [0.4, 0.5) is 0 Å². The molecule has 0 aromatic carbocycles. The number of rotatable bonds is 6. The predicted octanol–water partition coefficient (Wildman–Crippen LogP) is 2.76. The fraction of sp³-hybridized carbons (Fsp3) is 1.00. The third-order valence-electron chi connectivity index (χ3n) is 2.31. The van der Waals surface area contributed by atoms with E-state index in [0.29, 0.717) is 6.04 Å². The highest BCUT2D eigenvalue weighted by molar-refractivity contribution is 7.99. The van der Waals surface area contributed by atoms with E-state index < -0.39 is 0 Å². The molecule has 0 saturated carbocycles. The first-order valence-corrected chi connectivity index (χ1v) is 6.16. The molecule has 0 aromatic rings. The van der Waals surface area contributed by atoms with Crippen molar-refractivity contribution < 1.29 is 0 Å². The van der Waals surface area contributed by atoms with Gasteiger partial charge in [-0.25, -0.2) is 0 Å². The summed E-state index contributed by atoms with van der Waals surface area (Å²) in [5.41, 5.74) is 0. The summed E-state index contributed by atoms with van der Waals surface area (Å²) in [7, 11) is 0. The van der Waals surface area contributed by atoms with E-state index in [4.69, 9.17) is 0 Å². The molecule has 2 atom stereocenters. The van der Waals surface area contributed by atoms with E-state index >= 15 is 0 Å². The van der Waals surface area contributed by atoms with Crippen molar-refractivity contribution in [3.63, 3.8) is 0 Å². The minimum Gasteiger partial charge on any atom is -0.313 e. The van der Waals surface area contributed by atoms with Gasteiger partial charge in [-0.1, -0.05) is 27.7 Å². The Morgan fingerprint density at radius 3 is 2.17 bits per heavy atom. The highest BCUT2D eigenvalue weighted by Crippen LogP contribution is 2.08. The van der Waals surface area contributed by atoms with Crippen molar-refractivity contribution in [2.24, 2.45) is 5.92 Å². The molecule has 0 aliphatic carbocycles. The minimum absolute atomic E-state index is 0.694. The summed E-state index contributed by atoms with van der Waals surface area (Å²) in [6.07, 6.45) is 3.40. The molecular weight excluding hydrogens is 166 g/mol. The van der Waals surface area contributed by atoms with E-state index in [1.165, 1.54) is 6.42 Å². The summed E-state index contributed by atoms with van der Waals surface area (Å²) >= 11 is 1.93. The molecular formula is C10H23NS. The Morgan fingerprint density at radius 1 is 1.25 bits per heavy atom. The molecule has 0 rings (SSSR count). The molecule has 2 unspecified atom stereocenters. The predicted molar refractivity (Wildman–Crippen MR) is 59.9 cm³/mol. The van der Waals surface area contributed by atoms with Crippen LogP contribution >= 0.6 is 11.8 Å². The van der Waals surface area contributed by atoms with Crippen molar-refractivity contribution in [2.75, 3.05) is 12.8 Å². The van der Waals surface area contributed by atoms with Gasteiger partial charge in [0.05, 0.1) is 0 Å². The van der Waals surface area contributed by atoms with Crippen LogP contribution in [0.15, 0.2) is 0 Å². The first-order valence-electron chi connectivity index (χ1n) is 4.88. The van der Waals surface area contributed by atoms with Crippen molar-refractivity contribution >= 4 is 11.8 Å². The highest BCUT2D eigenvalue weighted by atomic mass is 32.2. The molecule has 0 heterocycles. The Labute approximate surface area is 81.7 Å². The van der Waals surface area contributed by atoms with Gasteiger partial charge < -0.3 is 5.32 Å². The van der Waals surface area contributed by atoms with Gasteiger partial charge in [0.1, 0.15) is 0 Å². The smallest absolute Gasteiger partial charge is 0.0141 e. The normalized spacial score (nSPS) is 16.5. The van der Waals surface area contributed by atoms with Gasteiger partial charge in [0.15, 0.2) is 0 Å². The average Bonchev–Trinajstić information content (AvgIpc) is 2.04. The van der Waals surface area contributed by atoms with E-state index in [0.717, 1.165) is 17.7 Å². The van der Waals surface area contributed by atoms with Crippen LogP contribution in [-0.2, 0) is 0 Å². The van der Waals surface area contributed by atoms with Crippen molar-refractivity contribution in [2.45, 2.75) is 45.4 Å². The topological polar surface area (TPSA) is 12.0 Å². The van der Waals surface area contributed by atoms with Crippen LogP contribution < -0.4 is 5.32 Å². The quantitative estimate of drug-likeness (QED) is 0.689. The fourth-order valence-corrected chi connectivity index (χ4v) is 1.52. The number of nitrogens with one attached hydrogen (secondary N) is 1. The molecule has 1 nitrogen and oxygen atoms in total. The molecule has 0 aromatic heterocycles. The van der Waals surface area contributed by atoms with Crippen molar-refractivity contribution in [3.05, 3.63) is 0 Å². The second-order valence-corrected chi connectivity index (χ2v) is 4.99. The Kier molecular flexibility index (Phi) is 6.96. The van der Waals surface area contributed by atoms with Gasteiger partial charge in [0, 0.05) is 17.8 Å². The maximum atomic E-state index is 3.60. The SMILES string of the molecule is CCC(NCC(C)SC)C(C)C. The Morgan fingerprint density at radius 2 is 1.83 bits per heavy atom. The summed E-state index contributed by atoms with van der Waals surface area (Å²) in [5.74, 6) is 0.754. The Hall–Kier alpha value is 0.310. The highest BCUT2D eigenvalue weighted by Gasteiger charge is 2.10. The fourth-order valence-electron chi connectivity index (χ4n) is 1.25. The van der Waals surface area contributed by atoms with Crippen LogP contribution in [0.2, 0.25) is 0 Å². The molecule has 0 amide bonds.